The normalized spacial score (nSPS) is 10.1. The number of phenolic OH excluding ortho intramolecular Hbond substituents is 1. The minimum atomic E-state index is -0.372. The summed E-state index contributed by atoms with van der Waals surface area (Å²) in [5, 5.41) is 12.3. The van der Waals surface area contributed by atoms with Gasteiger partial charge in [0.15, 0.2) is 11.5 Å². The van der Waals surface area contributed by atoms with E-state index in [1.165, 1.54) is 25.4 Å². The van der Waals surface area contributed by atoms with Crippen LogP contribution in [0.3, 0.4) is 0 Å². The molecule has 0 aliphatic carbocycles. The van der Waals surface area contributed by atoms with Gasteiger partial charge in [-0.25, -0.2) is 4.98 Å². The number of aromatic nitrogens is 1. The maximum absolute atomic E-state index is 12.1. The van der Waals surface area contributed by atoms with Crippen LogP contribution in [-0.4, -0.2) is 23.1 Å². The Hall–Kier alpha value is -2.76. The van der Waals surface area contributed by atoms with Crippen LogP contribution in [0, 0.1) is 6.92 Å². The second-order valence-corrected chi connectivity index (χ2v) is 4.27. The van der Waals surface area contributed by atoms with Crippen molar-refractivity contribution >= 4 is 17.4 Å². The van der Waals surface area contributed by atoms with Crippen molar-refractivity contribution in [3.8, 4) is 11.5 Å². The molecule has 104 valence electrons. The third kappa shape index (κ3) is 2.80. The standard InChI is InChI=1S/C14H15N3O3/c1-8-5-10(15)7-16-13(8)17-14(19)9-3-4-12(20-2)11(18)6-9/h3-7,18H,15H2,1-2H3,(H,16,17,19). The van der Waals surface area contributed by atoms with E-state index >= 15 is 0 Å². The summed E-state index contributed by atoms with van der Waals surface area (Å²) in [6.07, 6.45) is 1.47. The van der Waals surface area contributed by atoms with Crippen LogP contribution in [0.5, 0.6) is 11.5 Å². The van der Waals surface area contributed by atoms with Crippen molar-refractivity contribution in [2.24, 2.45) is 0 Å². The van der Waals surface area contributed by atoms with Gasteiger partial charge in [0.05, 0.1) is 19.0 Å². The lowest BCUT2D eigenvalue weighted by Crippen LogP contribution is -2.14. The highest BCUT2D eigenvalue weighted by molar-refractivity contribution is 6.04. The highest BCUT2D eigenvalue weighted by Crippen LogP contribution is 2.26. The number of pyridine rings is 1. The molecular formula is C14H15N3O3. The molecule has 6 heteroatoms. The van der Waals surface area contributed by atoms with Crippen molar-refractivity contribution in [2.45, 2.75) is 6.92 Å². The van der Waals surface area contributed by atoms with Gasteiger partial charge in [-0.05, 0) is 36.8 Å². The fourth-order valence-corrected chi connectivity index (χ4v) is 1.74. The zero-order chi connectivity index (χ0) is 14.7. The molecule has 0 radical (unpaired) electrons. The number of aromatic hydroxyl groups is 1. The van der Waals surface area contributed by atoms with Crippen LogP contribution < -0.4 is 15.8 Å². The Morgan fingerprint density at radius 3 is 2.75 bits per heavy atom. The number of nitrogens with zero attached hydrogens (tertiary/aromatic N) is 1. The van der Waals surface area contributed by atoms with Crippen LogP contribution in [-0.2, 0) is 0 Å². The molecular weight excluding hydrogens is 258 g/mol. The van der Waals surface area contributed by atoms with Crippen LogP contribution in [0.15, 0.2) is 30.5 Å². The van der Waals surface area contributed by atoms with Gasteiger partial charge in [0.1, 0.15) is 5.82 Å². The molecule has 4 N–H and O–H groups in total. The number of nitrogens with one attached hydrogen (secondary N) is 1. The monoisotopic (exact) mass is 273 g/mol. The topological polar surface area (TPSA) is 97.5 Å². The lowest BCUT2D eigenvalue weighted by molar-refractivity contribution is 0.102. The van der Waals surface area contributed by atoms with Gasteiger partial charge in [0.25, 0.3) is 5.91 Å². The molecule has 20 heavy (non-hydrogen) atoms. The Morgan fingerprint density at radius 2 is 2.15 bits per heavy atom. The molecule has 0 bridgehead atoms. The maximum Gasteiger partial charge on any atom is 0.256 e. The number of aryl methyl sites for hydroxylation is 1. The number of nitrogens with two attached hydrogens (primary N) is 1. The Bertz CT molecular complexity index is 656. The Kier molecular flexibility index (Phi) is 3.74. The van der Waals surface area contributed by atoms with Gasteiger partial charge in [0, 0.05) is 5.56 Å². The second kappa shape index (κ2) is 5.48. The summed E-state index contributed by atoms with van der Waals surface area (Å²) >= 11 is 0. The molecule has 0 aliphatic heterocycles. The smallest absolute Gasteiger partial charge is 0.256 e. The molecule has 2 rings (SSSR count). The number of phenols is 1. The molecule has 0 spiro atoms. The number of rotatable bonds is 3. The van der Waals surface area contributed by atoms with Gasteiger partial charge >= 0.3 is 0 Å². The molecule has 0 unspecified atom stereocenters. The van der Waals surface area contributed by atoms with Crippen molar-refractivity contribution in [2.75, 3.05) is 18.2 Å². The first kappa shape index (κ1) is 13.7. The summed E-state index contributed by atoms with van der Waals surface area (Å²) in [7, 11) is 1.44. The van der Waals surface area contributed by atoms with E-state index in [0.717, 1.165) is 5.56 Å². The number of anilines is 2. The van der Waals surface area contributed by atoms with E-state index < -0.39 is 0 Å². The lowest BCUT2D eigenvalue weighted by Gasteiger charge is -2.09. The third-order valence-electron chi connectivity index (χ3n) is 2.77. The predicted octanol–water partition coefficient (Wildman–Crippen LogP) is 1.94. The molecule has 1 aromatic heterocycles. The van der Waals surface area contributed by atoms with Crippen LogP contribution >= 0.6 is 0 Å². The van der Waals surface area contributed by atoms with Crippen LogP contribution in [0.25, 0.3) is 0 Å². The number of amides is 1. The summed E-state index contributed by atoms with van der Waals surface area (Å²) in [6.45, 7) is 1.80. The first-order chi connectivity index (χ1) is 9.51. The minimum Gasteiger partial charge on any atom is -0.504 e. The fourth-order valence-electron chi connectivity index (χ4n) is 1.74. The number of ether oxygens (including phenoxy) is 1. The van der Waals surface area contributed by atoms with E-state index in [0.29, 0.717) is 22.8 Å². The zero-order valence-electron chi connectivity index (χ0n) is 11.2. The predicted molar refractivity (Wildman–Crippen MR) is 76.0 cm³/mol. The molecule has 1 amide bonds. The van der Waals surface area contributed by atoms with E-state index in [1.54, 1.807) is 19.1 Å². The van der Waals surface area contributed by atoms with Crippen molar-refractivity contribution in [1.29, 1.82) is 0 Å². The molecule has 0 atom stereocenters. The van der Waals surface area contributed by atoms with Gasteiger partial charge in [-0.3, -0.25) is 4.79 Å². The van der Waals surface area contributed by atoms with E-state index in [-0.39, 0.29) is 11.7 Å². The van der Waals surface area contributed by atoms with Crippen molar-refractivity contribution < 1.29 is 14.6 Å². The molecule has 0 aliphatic rings. The quantitative estimate of drug-likeness (QED) is 0.794. The van der Waals surface area contributed by atoms with E-state index in [9.17, 15) is 9.90 Å². The Balaban J connectivity index is 2.21. The zero-order valence-corrected chi connectivity index (χ0v) is 11.2. The van der Waals surface area contributed by atoms with Gasteiger partial charge in [-0.2, -0.15) is 0 Å². The fraction of sp³-hybridized carbons (Fsp3) is 0.143. The van der Waals surface area contributed by atoms with Crippen molar-refractivity contribution in [3.05, 3.63) is 41.6 Å². The average molecular weight is 273 g/mol. The first-order valence-electron chi connectivity index (χ1n) is 5.91. The summed E-state index contributed by atoms with van der Waals surface area (Å²) in [5.41, 5.74) is 7.20. The van der Waals surface area contributed by atoms with E-state index in [1.807, 2.05) is 0 Å². The van der Waals surface area contributed by atoms with E-state index in [2.05, 4.69) is 10.3 Å². The molecule has 6 nitrogen and oxygen atoms in total. The largest absolute Gasteiger partial charge is 0.504 e. The van der Waals surface area contributed by atoms with Crippen LogP contribution in [0.2, 0.25) is 0 Å². The van der Waals surface area contributed by atoms with Gasteiger partial charge in [-0.1, -0.05) is 0 Å². The van der Waals surface area contributed by atoms with Crippen molar-refractivity contribution in [3.63, 3.8) is 0 Å². The van der Waals surface area contributed by atoms with Gasteiger partial charge in [0.2, 0.25) is 0 Å². The molecule has 0 saturated heterocycles. The van der Waals surface area contributed by atoms with Crippen LogP contribution in [0.1, 0.15) is 15.9 Å². The number of methoxy groups -OCH3 is 1. The highest BCUT2D eigenvalue weighted by Gasteiger charge is 2.11. The summed E-state index contributed by atoms with van der Waals surface area (Å²) in [6, 6.07) is 6.13. The molecule has 0 fully saturated rings. The average Bonchev–Trinajstić information content (AvgIpc) is 2.41. The third-order valence-corrected chi connectivity index (χ3v) is 2.77. The highest BCUT2D eigenvalue weighted by atomic mass is 16.5. The number of benzene rings is 1. The van der Waals surface area contributed by atoms with Gasteiger partial charge in [-0.15, -0.1) is 0 Å². The van der Waals surface area contributed by atoms with Gasteiger partial charge < -0.3 is 20.9 Å². The summed E-state index contributed by atoms with van der Waals surface area (Å²) < 4.78 is 4.92. The van der Waals surface area contributed by atoms with Crippen molar-refractivity contribution in [1.82, 2.24) is 4.98 Å². The van der Waals surface area contributed by atoms with E-state index in [4.69, 9.17) is 10.5 Å². The number of carbonyl (C=O) groups excluding carboxylic acids is 1. The molecule has 2 aromatic rings. The summed E-state index contributed by atoms with van der Waals surface area (Å²) in [5.74, 6) is 0.272. The maximum atomic E-state index is 12.1. The molecule has 1 heterocycles. The van der Waals surface area contributed by atoms with Crippen LogP contribution in [0.4, 0.5) is 11.5 Å². The number of carbonyl (C=O) groups is 1. The lowest BCUT2D eigenvalue weighted by atomic mass is 10.2. The second-order valence-electron chi connectivity index (χ2n) is 4.27. The molecule has 0 saturated carbocycles. The Labute approximate surface area is 116 Å². The SMILES string of the molecule is COc1ccc(C(=O)Nc2ncc(N)cc2C)cc1O. The first-order valence-corrected chi connectivity index (χ1v) is 5.91. The number of nitrogen functional groups attached to an aromatic ring is 1. The number of hydrogen-bond donors (Lipinski definition) is 3. The molecule has 1 aromatic carbocycles. The number of hydrogen-bond acceptors (Lipinski definition) is 5. The minimum absolute atomic E-state index is 0.0952. The summed E-state index contributed by atoms with van der Waals surface area (Å²) in [4.78, 5) is 16.1. The Morgan fingerprint density at radius 1 is 1.40 bits per heavy atom.